The molecule has 68 valence electrons. The van der Waals surface area contributed by atoms with E-state index in [1.54, 1.807) is 5.41 Å². The predicted molar refractivity (Wildman–Crippen MR) is 55.4 cm³/mol. The fourth-order valence-corrected chi connectivity index (χ4v) is 1.97. The first-order valence-corrected chi connectivity index (χ1v) is 5.11. The lowest BCUT2D eigenvalue weighted by Crippen LogP contribution is -1.90. The lowest BCUT2D eigenvalue weighted by atomic mass is 10.4. The maximum atomic E-state index is 10.8. The van der Waals surface area contributed by atoms with Crippen molar-refractivity contribution < 1.29 is 4.79 Å². The number of carbonyl (C=O) groups excluding carboxylic acids is 1. The smallest absolute Gasteiger partial charge is 0.249 e. The van der Waals surface area contributed by atoms with Gasteiger partial charge in [-0.2, -0.15) is 4.36 Å². The van der Waals surface area contributed by atoms with Gasteiger partial charge in [-0.05, 0) is 28.2 Å². The first kappa shape index (κ1) is 9.86. The van der Waals surface area contributed by atoms with Gasteiger partial charge in [0.05, 0.1) is 0 Å². The van der Waals surface area contributed by atoms with Gasteiger partial charge in [0, 0.05) is 11.8 Å². The van der Waals surface area contributed by atoms with Crippen LogP contribution in [-0.4, -0.2) is 5.91 Å². The van der Waals surface area contributed by atoms with E-state index in [9.17, 15) is 4.79 Å². The minimum Gasteiger partial charge on any atom is -0.272 e. The third-order valence-electron chi connectivity index (χ3n) is 1.37. The molecule has 1 rings (SSSR count). The third kappa shape index (κ3) is 2.95. The van der Waals surface area contributed by atoms with Crippen LogP contribution in [0, 0.1) is 0 Å². The van der Waals surface area contributed by atoms with Crippen LogP contribution in [0.1, 0.15) is 6.92 Å². The largest absolute Gasteiger partial charge is 0.272 e. The Bertz CT molecular complexity index is 343. The fourth-order valence-electron chi connectivity index (χ4n) is 0.885. The van der Waals surface area contributed by atoms with Gasteiger partial charge in [-0.3, -0.25) is 4.79 Å². The molecule has 1 amide bonds. The molecule has 1 atom stereocenters. The Morgan fingerprint density at radius 3 is 2.54 bits per heavy atom. The number of hydrogen-bond acceptors (Lipinski definition) is 1. The van der Waals surface area contributed by atoms with E-state index in [-0.39, 0.29) is 5.91 Å². The number of hydrogen-bond donors (Lipinski definition) is 0. The number of amides is 1. The normalized spacial score (nSPS) is 12.4. The van der Waals surface area contributed by atoms with Crippen LogP contribution in [0.4, 0.5) is 0 Å². The molecule has 1 unspecified atom stereocenters. The van der Waals surface area contributed by atoms with Crippen molar-refractivity contribution in [2.75, 3.05) is 0 Å². The summed E-state index contributed by atoms with van der Waals surface area (Å²) < 4.78 is 3.94. The second-order valence-corrected chi connectivity index (χ2v) is 4.02. The lowest BCUT2D eigenvalue weighted by molar-refractivity contribution is -0.115. The highest BCUT2D eigenvalue weighted by atomic mass is 32.2. The van der Waals surface area contributed by atoms with Crippen molar-refractivity contribution in [1.29, 1.82) is 0 Å². The number of carbonyl (C=O) groups is 1. The van der Waals surface area contributed by atoms with Crippen molar-refractivity contribution in [2.45, 2.75) is 11.8 Å². The minimum atomic E-state index is -0.486. The summed E-state index contributed by atoms with van der Waals surface area (Å²) in [7, 11) is -0.486. The SMILES string of the molecule is C=CS(=NC(C)=O)c1ccccc1. The zero-order chi connectivity index (χ0) is 9.68. The molecule has 3 heteroatoms. The second-order valence-electron chi connectivity index (χ2n) is 2.40. The number of nitrogens with zero attached hydrogens (tertiary/aromatic N) is 1. The summed E-state index contributed by atoms with van der Waals surface area (Å²) in [5.74, 6) is -0.160. The summed E-state index contributed by atoms with van der Waals surface area (Å²) in [6.07, 6.45) is 0. The molecular weight excluding hydrogens is 182 g/mol. The Morgan fingerprint density at radius 1 is 1.46 bits per heavy atom. The first-order chi connectivity index (χ1) is 6.24. The van der Waals surface area contributed by atoms with Crippen LogP contribution in [0.15, 0.2) is 51.6 Å². The van der Waals surface area contributed by atoms with Crippen LogP contribution in [0.5, 0.6) is 0 Å². The van der Waals surface area contributed by atoms with Gasteiger partial charge in [-0.15, -0.1) is 0 Å². The maximum Gasteiger partial charge on any atom is 0.249 e. The molecule has 0 spiro atoms. The Hall–Kier alpha value is -1.22. The summed E-state index contributed by atoms with van der Waals surface area (Å²) in [6.45, 7) is 5.11. The van der Waals surface area contributed by atoms with Crippen molar-refractivity contribution >= 4 is 16.6 Å². The zero-order valence-electron chi connectivity index (χ0n) is 7.43. The highest BCUT2D eigenvalue weighted by Crippen LogP contribution is 2.08. The van der Waals surface area contributed by atoms with Crippen molar-refractivity contribution in [3.63, 3.8) is 0 Å². The molecular formula is C10H11NOS. The van der Waals surface area contributed by atoms with Crippen LogP contribution in [0.2, 0.25) is 0 Å². The molecule has 0 aliphatic heterocycles. The van der Waals surface area contributed by atoms with E-state index in [1.807, 2.05) is 30.3 Å². The van der Waals surface area contributed by atoms with Crippen molar-refractivity contribution in [3.05, 3.63) is 42.3 Å². The van der Waals surface area contributed by atoms with Crippen LogP contribution < -0.4 is 0 Å². The number of rotatable bonds is 2. The fraction of sp³-hybridized carbons (Fsp3) is 0.100. The molecule has 0 saturated heterocycles. The van der Waals surface area contributed by atoms with Gasteiger partial charge in [-0.1, -0.05) is 24.8 Å². The van der Waals surface area contributed by atoms with E-state index in [1.165, 1.54) is 6.92 Å². The summed E-state index contributed by atoms with van der Waals surface area (Å²) in [4.78, 5) is 11.8. The van der Waals surface area contributed by atoms with Gasteiger partial charge in [0.15, 0.2) is 0 Å². The van der Waals surface area contributed by atoms with Gasteiger partial charge in [0.25, 0.3) is 0 Å². The summed E-state index contributed by atoms with van der Waals surface area (Å²) >= 11 is 0. The molecule has 0 bridgehead atoms. The van der Waals surface area contributed by atoms with Gasteiger partial charge in [-0.25, -0.2) is 0 Å². The van der Waals surface area contributed by atoms with E-state index in [0.29, 0.717) is 0 Å². The molecule has 0 aromatic heterocycles. The van der Waals surface area contributed by atoms with Crippen molar-refractivity contribution in [1.82, 2.24) is 0 Å². The standard InChI is InChI=1S/C10H11NOS/c1-3-13(11-9(2)12)10-7-5-4-6-8-10/h3-8H,1H2,2H3. The topological polar surface area (TPSA) is 29.4 Å². The van der Waals surface area contributed by atoms with Crippen LogP contribution >= 0.6 is 0 Å². The first-order valence-electron chi connectivity index (χ1n) is 3.87. The van der Waals surface area contributed by atoms with Crippen LogP contribution in [-0.2, 0) is 15.5 Å². The summed E-state index contributed by atoms with van der Waals surface area (Å²) in [5.41, 5.74) is 0. The van der Waals surface area contributed by atoms with E-state index < -0.39 is 10.7 Å². The molecule has 0 saturated carbocycles. The molecule has 0 radical (unpaired) electrons. The Morgan fingerprint density at radius 2 is 2.08 bits per heavy atom. The van der Waals surface area contributed by atoms with Crippen molar-refractivity contribution in [3.8, 4) is 0 Å². The average Bonchev–Trinajstić information content (AvgIpc) is 2.15. The predicted octanol–water partition coefficient (Wildman–Crippen LogP) is 2.54. The van der Waals surface area contributed by atoms with E-state index in [0.717, 1.165) is 4.90 Å². The zero-order valence-corrected chi connectivity index (χ0v) is 8.25. The van der Waals surface area contributed by atoms with Gasteiger partial charge in [0.1, 0.15) is 0 Å². The molecule has 0 aliphatic carbocycles. The lowest BCUT2D eigenvalue weighted by Gasteiger charge is -1.99. The van der Waals surface area contributed by atoms with Gasteiger partial charge < -0.3 is 0 Å². The average molecular weight is 193 g/mol. The Balaban J connectivity index is 3.05. The van der Waals surface area contributed by atoms with Crippen molar-refractivity contribution in [2.24, 2.45) is 4.36 Å². The monoisotopic (exact) mass is 193 g/mol. The molecule has 1 aromatic carbocycles. The third-order valence-corrected chi connectivity index (χ3v) is 2.89. The van der Waals surface area contributed by atoms with Crippen LogP contribution in [0.3, 0.4) is 0 Å². The molecule has 0 heterocycles. The minimum absolute atomic E-state index is 0.160. The van der Waals surface area contributed by atoms with Gasteiger partial charge in [0.2, 0.25) is 5.91 Å². The molecule has 0 aliphatic rings. The van der Waals surface area contributed by atoms with Gasteiger partial charge >= 0.3 is 0 Å². The molecule has 0 fully saturated rings. The number of benzene rings is 1. The molecule has 0 N–H and O–H groups in total. The summed E-state index contributed by atoms with van der Waals surface area (Å²) in [6, 6.07) is 9.67. The van der Waals surface area contributed by atoms with Crippen LogP contribution in [0.25, 0.3) is 0 Å². The maximum absolute atomic E-state index is 10.8. The molecule has 2 nitrogen and oxygen atoms in total. The highest BCUT2D eigenvalue weighted by Gasteiger charge is 1.96. The molecule has 1 aromatic rings. The highest BCUT2D eigenvalue weighted by molar-refractivity contribution is 7.90. The van der Waals surface area contributed by atoms with E-state index >= 15 is 0 Å². The quantitative estimate of drug-likeness (QED) is 0.709. The Labute approximate surface area is 80.4 Å². The van der Waals surface area contributed by atoms with E-state index in [2.05, 4.69) is 10.9 Å². The van der Waals surface area contributed by atoms with E-state index in [4.69, 9.17) is 0 Å². The Kier molecular flexibility index (Phi) is 3.58. The second kappa shape index (κ2) is 4.72. The summed E-state index contributed by atoms with van der Waals surface area (Å²) in [5, 5.41) is 1.69. The molecule has 13 heavy (non-hydrogen) atoms.